The van der Waals surface area contributed by atoms with E-state index in [0.29, 0.717) is 13.1 Å². The number of aromatic hydroxyl groups is 1. The lowest BCUT2D eigenvalue weighted by atomic mass is 9.58. The van der Waals surface area contributed by atoms with Crippen LogP contribution < -0.4 is 21.1 Å². The monoisotopic (exact) mass is 476 g/mol. The molecule has 0 bridgehead atoms. The molecule has 12 nitrogen and oxygen atoms in total. The molecule has 0 aromatic heterocycles. The van der Waals surface area contributed by atoms with Crippen molar-refractivity contribution in [3.05, 3.63) is 35.4 Å². The molecule has 2 aliphatic rings. The Morgan fingerprint density at radius 2 is 1.94 bits per heavy atom. The van der Waals surface area contributed by atoms with Gasteiger partial charge >= 0.3 is 13.1 Å². The van der Waals surface area contributed by atoms with Gasteiger partial charge in [-0.25, -0.2) is 4.79 Å². The number of allylic oxidation sites excluding steroid dienone is 2. The predicted molar refractivity (Wildman–Crippen MR) is 121 cm³/mol. The van der Waals surface area contributed by atoms with Gasteiger partial charge in [0.25, 0.3) is 0 Å². The third-order valence-electron chi connectivity index (χ3n) is 6.02. The van der Waals surface area contributed by atoms with Gasteiger partial charge in [0.05, 0.1) is 6.54 Å². The summed E-state index contributed by atoms with van der Waals surface area (Å²) >= 11 is 0. The number of benzene rings is 1. The molecule has 1 saturated heterocycles. The largest absolute Gasteiger partial charge is 0.507 e. The lowest BCUT2D eigenvalue weighted by Gasteiger charge is -2.42. The van der Waals surface area contributed by atoms with Crippen molar-refractivity contribution in [1.29, 1.82) is 0 Å². The predicted octanol–water partition coefficient (Wildman–Crippen LogP) is -1.77. The highest BCUT2D eigenvalue weighted by Gasteiger charge is 2.39. The first-order chi connectivity index (χ1) is 15.9. The molecule has 3 atom stereocenters. The second-order valence-corrected chi connectivity index (χ2v) is 8.79. The van der Waals surface area contributed by atoms with Crippen molar-refractivity contribution in [3.8, 4) is 11.5 Å². The number of carboxylic acids is 1. The molecule has 1 heterocycles. The average molecular weight is 476 g/mol. The van der Waals surface area contributed by atoms with Crippen molar-refractivity contribution in [1.82, 2.24) is 15.5 Å². The number of nitrogens with zero attached hydrogens (tertiary/aromatic N) is 1. The minimum absolute atomic E-state index is 0.0124. The van der Waals surface area contributed by atoms with Gasteiger partial charge in [-0.3, -0.25) is 14.5 Å². The van der Waals surface area contributed by atoms with E-state index in [1.54, 1.807) is 19.1 Å². The molecule has 1 aliphatic heterocycles. The van der Waals surface area contributed by atoms with Crippen LogP contribution in [0.25, 0.3) is 0 Å². The molecule has 1 aromatic carbocycles. The zero-order chi connectivity index (χ0) is 25.2. The van der Waals surface area contributed by atoms with Gasteiger partial charge in [0, 0.05) is 44.0 Å². The molecule has 3 rings (SSSR count). The van der Waals surface area contributed by atoms with E-state index in [9.17, 15) is 34.6 Å². The Morgan fingerprint density at radius 1 is 1.26 bits per heavy atom. The molecule has 13 heteroatoms. The van der Waals surface area contributed by atoms with Gasteiger partial charge in [0.15, 0.2) is 0 Å². The Bertz CT molecular complexity index is 993. The minimum Gasteiger partial charge on any atom is -0.507 e. The maximum absolute atomic E-state index is 12.3. The molecule has 1 aromatic rings. The number of aromatic carboxylic acids is 1. The fraction of sp³-hybridized carbons (Fsp3) is 0.476. The van der Waals surface area contributed by atoms with Crippen LogP contribution in [0.4, 0.5) is 0 Å². The summed E-state index contributed by atoms with van der Waals surface area (Å²) in [4.78, 5) is 37.2. The zero-order valence-corrected chi connectivity index (χ0v) is 18.9. The van der Waals surface area contributed by atoms with Crippen LogP contribution in [0.3, 0.4) is 0 Å². The molecule has 2 amide bonds. The second-order valence-electron chi connectivity index (χ2n) is 8.79. The Balaban J connectivity index is 1.61. The van der Waals surface area contributed by atoms with Gasteiger partial charge in [0.2, 0.25) is 11.8 Å². The van der Waals surface area contributed by atoms with Crippen LogP contribution in [0.15, 0.2) is 24.3 Å². The van der Waals surface area contributed by atoms with Crippen LogP contribution in [-0.2, 0) is 9.59 Å². The first-order valence-corrected chi connectivity index (χ1v) is 10.7. The fourth-order valence-electron chi connectivity index (χ4n) is 4.00. The van der Waals surface area contributed by atoms with E-state index in [2.05, 4.69) is 10.6 Å². The van der Waals surface area contributed by atoms with E-state index >= 15 is 0 Å². The van der Waals surface area contributed by atoms with Crippen LogP contribution >= 0.6 is 0 Å². The lowest BCUT2D eigenvalue weighted by molar-refractivity contribution is -0.130. The Labute approximate surface area is 196 Å². The molecule has 0 saturated carbocycles. The van der Waals surface area contributed by atoms with Crippen molar-refractivity contribution in [3.63, 3.8) is 0 Å². The molecular weight excluding hydrogens is 447 g/mol. The normalized spacial score (nSPS) is 21.6. The Morgan fingerprint density at radius 3 is 2.47 bits per heavy atom. The highest BCUT2D eigenvalue weighted by atomic mass is 16.5. The van der Waals surface area contributed by atoms with Crippen LogP contribution in [-0.4, -0.2) is 94.9 Å². The lowest BCUT2D eigenvalue weighted by Crippen LogP contribution is -2.64. The molecule has 0 radical (unpaired) electrons. The summed E-state index contributed by atoms with van der Waals surface area (Å²) in [6.45, 7) is 2.31. The Kier molecular flexibility index (Phi) is 7.51. The molecule has 0 spiro atoms. The number of likely N-dealkylation sites (tertiary alicyclic amines) is 1. The number of rotatable bonds is 10. The van der Waals surface area contributed by atoms with E-state index in [-0.39, 0.29) is 36.4 Å². The molecule has 8 N–H and O–H groups in total. The number of carboxylic acid groups (broad SMARTS) is 1. The summed E-state index contributed by atoms with van der Waals surface area (Å²) < 4.78 is 5.79. The first kappa shape index (κ1) is 25.5. The molecule has 1 unspecified atom stereocenters. The van der Waals surface area contributed by atoms with Crippen molar-refractivity contribution in [2.75, 3.05) is 33.2 Å². The molecule has 184 valence electrons. The van der Waals surface area contributed by atoms with E-state index in [0.717, 1.165) is 0 Å². The zero-order valence-electron chi connectivity index (χ0n) is 18.9. The maximum atomic E-state index is 12.3. The third-order valence-corrected chi connectivity index (χ3v) is 6.02. The molecule has 1 fully saturated rings. The van der Waals surface area contributed by atoms with E-state index in [4.69, 9.17) is 10.5 Å². The van der Waals surface area contributed by atoms with Gasteiger partial charge in [-0.15, -0.1) is 0 Å². The average Bonchev–Trinajstić information content (AvgIpc) is 2.70. The van der Waals surface area contributed by atoms with Crippen molar-refractivity contribution in [2.45, 2.75) is 30.3 Å². The second kappa shape index (κ2) is 10.0. The smallest absolute Gasteiger partial charge is 0.459 e. The van der Waals surface area contributed by atoms with E-state index in [1.807, 2.05) is 4.90 Å². The standard InChI is InChI=1S/C21H29BN4O8/c1-21(23,20(31)25-7-16(27)24-2)10-26-8-11(9-26)34-15-6-4-13(18(28)17(15)19(29)30)12-3-5-14(12)22(32)33/h3-6,11-12,14,28,32-33H,7-10,23H2,1-2H3,(H,24,27)(H,25,31)(H,29,30)/t12-,14-,21?/m1/s1. The number of nitrogens with two attached hydrogens (primary N) is 1. The van der Waals surface area contributed by atoms with E-state index < -0.39 is 47.6 Å². The van der Waals surface area contributed by atoms with Gasteiger partial charge in [-0.1, -0.05) is 18.2 Å². The maximum Gasteiger partial charge on any atom is 0.459 e. The summed E-state index contributed by atoms with van der Waals surface area (Å²) in [7, 11) is -0.168. The van der Waals surface area contributed by atoms with Crippen LogP contribution in [0, 0.1) is 0 Å². The number of amides is 2. The van der Waals surface area contributed by atoms with Crippen molar-refractivity contribution in [2.24, 2.45) is 5.73 Å². The number of hydrogen-bond acceptors (Lipinski definition) is 9. The minimum atomic E-state index is -1.63. The Hall–Kier alpha value is -3.13. The first-order valence-electron chi connectivity index (χ1n) is 10.7. The number of hydrogen-bond donors (Lipinski definition) is 7. The third kappa shape index (κ3) is 5.33. The number of carbonyl (C=O) groups excluding carboxylic acids is 2. The van der Waals surface area contributed by atoms with Gasteiger partial charge < -0.3 is 41.4 Å². The summed E-state index contributed by atoms with van der Waals surface area (Å²) in [5.74, 6) is -3.86. The van der Waals surface area contributed by atoms with E-state index in [1.165, 1.54) is 19.2 Å². The van der Waals surface area contributed by atoms with Gasteiger partial charge in [0.1, 0.15) is 28.7 Å². The number of likely N-dealkylation sites (N-methyl/N-ethyl adjacent to an activating group) is 1. The van der Waals surface area contributed by atoms with Crippen molar-refractivity contribution >= 4 is 24.9 Å². The number of phenols is 1. The van der Waals surface area contributed by atoms with Crippen LogP contribution in [0.2, 0.25) is 5.82 Å². The SMILES string of the molecule is CNC(=O)CNC(=O)C(C)(N)CN1CC(Oc2ccc([C@H]3C=C[C@H]3B(O)O)c(O)c2C(=O)O)C1. The topological polar surface area (TPSA) is 195 Å². The number of nitrogens with one attached hydrogen (secondary N) is 2. The summed E-state index contributed by atoms with van der Waals surface area (Å²) in [6.07, 6.45) is 2.85. The highest BCUT2D eigenvalue weighted by molar-refractivity contribution is 6.44. The van der Waals surface area contributed by atoms with Crippen molar-refractivity contribution < 1.29 is 39.4 Å². The summed E-state index contributed by atoms with van der Waals surface area (Å²) in [5, 5.41) is 43.9. The van der Waals surface area contributed by atoms with Gasteiger partial charge in [-0.2, -0.15) is 0 Å². The summed E-state index contributed by atoms with van der Waals surface area (Å²) in [5.41, 5.74) is 4.71. The number of ether oxygens (including phenoxy) is 1. The molecule has 1 aliphatic carbocycles. The highest BCUT2D eigenvalue weighted by Crippen LogP contribution is 2.46. The van der Waals surface area contributed by atoms with Crippen LogP contribution in [0.5, 0.6) is 11.5 Å². The van der Waals surface area contributed by atoms with Crippen LogP contribution in [0.1, 0.15) is 28.8 Å². The number of carbonyl (C=O) groups is 3. The summed E-state index contributed by atoms with van der Waals surface area (Å²) in [6, 6.07) is 2.94. The molecule has 34 heavy (non-hydrogen) atoms. The quantitative estimate of drug-likeness (QED) is 0.150. The molecular formula is C21H29BN4O8. The fourth-order valence-corrected chi connectivity index (χ4v) is 4.00. The van der Waals surface area contributed by atoms with Gasteiger partial charge in [-0.05, 0) is 13.0 Å².